The van der Waals surface area contributed by atoms with Gasteiger partial charge in [-0.3, -0.25) is 0 Å². The Hall–Kier alpha value is -6.35. The van der Waals surface area contributed by atoms with Gasteiger partial charge in [0.05, 0.1) is 5.58 Å². The van der Waals surface area contributed by atoms with Gasteiger partial charge in [0, 0.05) is 64.2 Å². The second kappa shape index (κ2) is 19.2. The molecule has 5 aromatic carbocycles. The van der Waals surface area contributed by atoms with Crippen LogP contribution in [0.5, 0.6) is 0 Å². The largest absolute Gasteiger partial charge is 0.486 e. The van der Waals surface area contributed by atoms with Gasteiger partial charge < -0.3 is 14.4 Å². The molecule has 0 saturated heterocycles. The number of hydrogen-bond donors (Lipinski definition) is 0. The molecule has 66 heavy (non-hydrogen) atoms. The number of aromatic nitrogens is 3. The molecular formula is C56H46F5IrN3O-2. The van der Waals surface area contributed by atoms with Gasteiger partial charge in [0.1, 0.15) is 0 Å². The Morgan fingerprint density at radius 3 is 1.88 bits per heavy atom. The van der Waals surface area contributed by atoms with Gasteiger partial charge in [-0.25, -0.2) is 4.98 Å². The number of hydrogen-bond acceptors (Lipinski definition) is 4. The SMILES string of the molecule is [2H]C([2H])([2H])c1ccc2c(n1)oc1c(-c3cc(-c4c(C([2H])(C)C)cc(-c5ccc(-c6ccccc6)cc5)cc4C([2H])(C)C)c(C([2H])([2H])[2H])cn3)[c-]ccc12.[2H]C([2H])([2H])c1cnc(-c2[c-]cccc2)cc1C(F)(F)C(F)(F)F.[Ir]. The van der Waals surface area contributed by atoms with Crippen LogP contribution in [0.4, 0.5) is 22.0 Å². The van der Waals surface area contributed by atoms with E-state index in [0.29, 0.717) is 62.1 Å². The van der Waals surface area contributed by atoms with Crippen LogP contribution in [-0.4, -0.2) is 21.1 Å². The predicted molar refractivity (Wildman–Crippen MR) is 251 cm³/mol. The van der Waals surface area contributed by atoms with Gasteiger partial charge in [-0.05, 0) is 111 Å². The summed E-state index contributed by atoms with van der Waals surface area (Å²) in [6.07, 6.45) is -4.07. The Morgan fingerprint density at radius 1 is 0.621 bits per heavy atom. The van der Waals surface area contributed by atoms with Gasteiger partial charge in [-0.2, -0.15) is 22.0 Å². The first-order valence-corrected chi connectivity index (χ1v) is 20.3. The van der Waals surface area contributed by atoms with Crippen LogP contribution in [0.25, 0.3) is 78.0 Å². The minimum absolute atomic E-state index is 0. The van der Waals surface area contributed by atoms with E-state index in [9.17, 15) is 24.7 Å². The van der Waals surface area contributed by atoms with Gasteiger partial charge in [-0.1, -0.05) is 118 Å². The number of pyridine rings is 3. The average Bonchev–Trinajstić information content (AvgIpc) is 3.84. The van der Waals surface area contributed by atoms with Crippen LogP contribution >= 0.6 is 0 Å². The second-order valence-electron chi connectivity index (χ2n) is 15.7. The number of fused-ring (bicyclic) bond motifs is 3. The van der Waals surface area contributed by atoms with Crippen LogP contribution in [0.3, 0.4) is 0 Å². The zero-order chi connectivity index (χ0) is 55.6. The van der Waals surface area contributed by atoms with Crippen molar-refractivity contribution in [1.29, 1.82) is 0 Å². The maximum Gasteiger partial charge on any atom is 0.458 e. The van der Waals surface area contributed by atoms with Crippen LogP contribution in [0, 0.1) is 32.7 Å². The molecule has 1 radical (unpaired) electrons. The fourth-order valence-corrected chi connectivity index (χ4v) is 7.55. The van der Waals surface area contributed by atoms with Crippen molar-refractivity contribution >= 4 is 22.1 Å². The van der Waals surface area contributed by atoms with Crippen molar-refractivity contribution in [1.82, 2.24) is 15.0 Å². The van der Waals surface area contributed by atoms with Crippen molar-refractivity contribution in [2.24, 2.45) is 0 Å². The zero-order valence-electron chi connectivity index (χ0n) is 46.8. The summed E-state index contributed by atoms with van der Waals surface area (Å²) >= 11 is 0. The maximum atomic E-state index is 13.7. The maximum absolute atomic E-state index is 13.7. The second-order valence-corrected chi connectivity index (χ2v) is 15.7. The molecule has 337 valence electrons. The Bertz CT molecular complexity index is 3560. The third-order valence-corrected chi connectivity index (χ3v) is 10.9. The molecule has 0 amide bonds. The van der Waals surface area contributed by atoms with Crippen LogP contribution in [0.1, 0.15) is 88.1 Å². The van der Waals surface area contributed by atoms with Crippen LogP contribution in [0.15, 0.2) is 144 Å². The van der Waals surface area contributed by atoms with Crippen molar-refractivity contribution in [3.05, 3.63) is 185 Å². The molecule has 0 aliphatic rings. The average molecular weight is 1080 g/mol. The van der Waals surface area contributed by atoms with E-state index in [-0.39, 0.29) is 48.3 Å². The Balaban J connectivity index is 0.000000301. The van der Waals surface area contributed by atoms with Crippen LogP contribution in [-0.2, 0) is 26.0 Å². The van der Waals surface area contributed by atoms with E-state index >= 15 is 0 Å². The van der Waals surface area contributed by atoms with E-state index in [0.717, 1.165) is 22.3 Å². The van der Waals surface area contributed by atoms with E-state index in [2.05, 4.69) is 39.2 Å². The van der Waals surface area contributed by atoms with Crippen molar-refractivity contribution in [3.63, 3.8) is 0 Å². The number of rotatable bonds is 8. The normalized spacial score (nSPS) is 15.1. The Kier molecular flexibility index (Phi) is 10.2. The fraction of sp³-hybridized carbons (Fsp3) is 0.196. The van der Waals surface area contributed by atoms with E-state index in [1.807, 2.05) is 54.6 Å². The first-order valence-electron chi connectivity index (χ1n) is 25.8. The first-order chi connectivity index (χ1) is 35.2. The topological polar surface area (TPSA) is 51.8 Å². The summed E-state index contributed by atoms with van der Waals surface area (Å²) < 4.78 is 161. The molecule has 0 saturated carbocycles. The smallest absolute Gasteiger partial charge is 0.458 e. The zero-order valence-corrected chi connectivity index (χ0v) is 38.1. The van der Waals surface area contributed by atoms with E-state index in [1.54, 1.807) is 58.0 Å². The molecule has 0 spiro atoms. The molecule has 4 heterocycles. The third kappa shape index (κ3) is 9.49. The predicted octanol–water partition coefficient (Wildman–Crippen LogP) is 16.2. The summed E-state index contributed by atoms with van der Waals surface area (Å²) in [4.78, 5) is 12.6. The molecule has 0 aliphatic heterocycles. The van der Waals surface area contributed by atoms with E-state index in [4.69, 9.17) is 16.8 Å². The number of furan rings is 1. The molecule has 0 bridgehead atoms. The van der Waals surface area contributed by atoms with Crippen molar-refractivity contribution < 1.29 is 61.6 Å². The van der Waals surface area contributed by atoms with Crippen molar-refractivity contribution in [2.75, 3.05) is 0 Å². The molecule has 4 nitrogen and oxygen atoms in total. The van der Waals surface area contributed by atoms with E-state index in [1.165, 1.54) is 30.5 Å². The fourth-order valence-electron chi connectivity index (χ4n) is 7.55. The summed E-state index contributed by atoms with van der Waals surface area (Å²) in [5, 5.41) is 1.29. The summed E-state index contributed by atoms with van der Waals surface area (Å²) in [6.45, 7) is -1.12. The minimum atomic E-state index is -5.92. The molecule has 0 atom stereocenters. The summed E-state index contributed by atoms with van der Waals surface area (Å²) in [5.41, 5.74) is 4.19. The van der Waals surface area contributed by atoms with Crippen LogP contribution < -0.4 is 0 Å². The molecule has 9 aromatic rings. The summed E-state index contributed by atoms with van der Waals surface area (Å²) in [5.74, 6) is -7.73. The molecule has 9 rings (SSSR count). The summed E-state index contributed by atoms with van der Waals surface area (Å²) in [6, 6.07) is 42.6. The third-order valence-electron chi connectivity index (χ3n) is 10.9. The molecule has 0 N–H and O–H groups in total. The molecule has 0 fully saturated rings. The number of benzene rings is 5. The van der Waals surface area contributed by atoms with Gasteiger partial charge >= 0.3 is 12.1 Å². The number of halogens is 5. The first kappa shape index (κ1) is 34.9. The molecule has 0 unspecified atom stereocenters. The van der Waals surface area contributed by atoms with Gasteiger partial charge in [0.15, 0.2) is 0 Å². The van der Waals surface area contributed by atoms with Gasteiger partial charge in [0.25, 0.3) is 0 Å². The van der Waals surface area contributed by atoms with Gasteiger partial charge in [-0.15, -0.1) is 54.1 Å². The molecule has 0 aliphatic carbocycles. The summed E-state index contributed by atoms with van der Waals surface area (Å²) in [7, 11) is 0. The van der Waals surface area contributed by atoms with Gasteiger partial charge in [0.2, 0.25) is 5.71 Å². The minimum Gasteiger partial charge on any atom is -0.486 e. The van der Waals surface area contributed by atoms with Crippen molar-refractivity contribution in [2.45, 2.75) is 72.1 Å². The molecule has 4 aromatic heterocycles. The Morgan fingerprint density at radius 2 is 1.26 bits per heavy atom. The Labute approximate surface area is 410 Å². The van der Waals surface area contributed by atoms with Crippen LogP contribution in [0.2, 0.25) is 0 Å². The van der Waals surface area contributed by atoms with Crippen molar-refractivity contribution in [3.8, 4) is 55.9 Å². The standard InChI is InChI=1S/C42H37N2O.C14H9F5N.Ir/c1-25(2)36-21-32(31-18-16-30(17-19-31)29-11-8-7-9-12-29)22-37(26(3)4)40(36)38-23-39(43-24-27(38)5)35-14-10-13-33-34-20-15-28(6)44-42(34)45-41(33)35;1-9-8-20-12(10-5-3-2-4-6-10)7-11(9)13(15,16)14(17,18)19;/h7-13,15-26H,1-6H3;2-5,7-8H,1H3;/q2*-1;/i5D3,6D3,25D,26D;1D3;. The van der Waals surface area contributed by atoms with E-state index < -0.39 is 55.6 Å². The molecule has 10 heteroatoms. The molecular weight excluding hydrogens is 1020 g/mol. The monoisotopic (exact) mass is 1080 g/mol. The quantitative estimate of drug-likeness (QED) is 0.112. The number of alkyl halides is 5. The number of nitrogens with zero attached hydrogens (tertiary/aromatic N) is 3. The number of aryl methyl sites for hydroxylation is 3.